The van der Waals surface area contributed by atoms with E-state index in [9.17, 15) is 5.26 Å². The van der Waals surface area contributed by atoms with Gasteiger partial charge in [-0.3, -0.25) is 9.88 Å². The molecule has 3 aliphatic rings. The molecule has 0 bridgehead atoms. The fourth-order valence-corrected chi connectivity index (χ4v) is 6.48. The number of nitrogens with one attached hydrogen (secondary N) is 1. The Morgan fingerprint density at radius 2 is 1.80 bits per heavy atom. The zero-order valence-corrected chi connectivity index (χ0v) is 20.5. The zero-order chi connectivity index (χ0) is 23.8. The van der Waals surface area contributed by atoms with Gasteiger partial charge in [0.15, 0.2) is 0 Å². The molecule has 35 heavy (non-hydrogen) atoms. The van der Waals surface area contributed by atoms with Crippen molar-refractivity contribution in [2.24, 2.45) is 0 Å². The van der Waals surface area contributed by atoms with E-state index in [4.69, 9.17) is 0 Å². The molecule has 0 aliphatic carbocycles. The molecule has 2 aromatic carbocycles. The highest BCUT2D eigenvalue weighted by Crippen LogP contribution is 2.38. The molecule has 0 spiro atoms. The number of pyridine rings is 1. The highest BCUT2D eigenvalue weighted by atomic mass is 15.3. The lowest BCUT2D eigenvalue weighted by molar-refractivity contribution is 0.0766. The first-order valence-electron chi connectivity index (χ1n) is 13.1. The summed E-state index contributed by atoms with van der Waals surface area (Å²) >= 11 is 0. The van der Waals surface area contributed by atoms with Gasteiger partial charge in [0.05, 0.1) is 11.1 Å². The number of piperazine rings is 2. The van der Waals surface area contributed by atoms with Gasteiger partial charge in [-0.05, 0) is 74.2 Å². The number of aromatic nitrogens is 1. The molecule has 6 heteroatoms. The van der Waals surface area contributed by atoms with Crippen LogP contribution in [-0.4, -0.2) is 67.8 Å². The van der Waals surface area contributed by atoms with E-state index in [1.165, 1.54) is 36.3 Å². The van der Waals surface area contributed by atoms with E-state index >= 15 is 0 Å². The highest BCUT2D eigenvalue weighted by molar-refractivity contribution is 5.95. The number of nitriles is 1. The first-order chi connectivity index (χ1) is 17.2. The number of piperidine rings is 1. The number of rotatable bonds is 3. The Hall–Kier alpha value is -3.14. The molecular formula is C29H34N6. The van der Waals surface area contributed by atoms with Crippen LogP contribution in [0.2, 0.25) is 0 Å². The third-order valence-electron chi connectivity index (χ3n) is 8.30. The van der Waals surface area contributed by atoms with E-state index in [1.54, 1.807) is 6.20 Å². The molecule has 180 valence electrons. The third kappa shape index (κ3) is 4.24. The molecule has 0 amide bonds. The maximum absolute atomic E-state index is 9.55. The van der Waals surface area contributed by atoms with Gasteiger partial charge in [0, 0.05) is 74.3 Å². The van der Waals surface area contributed by atoms with Gasteiger partial charge in [-0.15, -0.1) is 0 Å². The number of nitrogens with zero attached hydrogens (tertiary/aromatic N) is 5. The topological polar surface area (TPSA) is 58.4 Å². The van der Waals surface area contributed by atoms with Crippen molar-refractivity contribution in [2.45, 2.75) is 37.8 Å². The Morgan fingerprint density at radius 3 is 2.60 bits per heavy atom. The molecule has 0 saturated carbocycles. The van der Waals surface area contributed by atoms with Crippen molar-refractivity contribution >= 4 is 22.3 Å². The number of fused-ring (bicyclic) bond motifs is 2. The van der Waals surface area contributed by atoms with Crippen LogP contribution in [0.4, 0.5) is 11.4 Å². The Morgan fingerprint density at radius 1 is 0.971 bits per heavy atom. The molecular weight excluding hydrogens is 432 g/mol. The number of benzene rings is 2. The minimum Gasteiger partial charge on any atom is -0.369 e. The Bertz CT molecular complexity index is 1230. The van der Waals surface area contributed by atoms with Crippen LogP contribution in [-0.2, 0) is 0 Å². The molecule has 3 aromatic rings. The predicted octanol–water partition coefficient (Wildman–Crippen LogP) is 3.97. The van der Waals surface area contributed by atoms with Crippen LogP contribution in [0.1, 0.15) is 36.8 Å². The molecule has 3 fully saturated rings. The van der Waals surface area contributed by atoms with Gasteiger partial charge in [-0.1, -0.05) is 12.1 Å². The fourth-order valence-electron chi connectivity index (χ4n) is 6.48. The Labute approximate surface area is 208 Å². The molecule has 6 rings (SSSR count). The summed E-state index contributed by atoms with van der Waals surface area (Å²) in [6.07, 6.45) is 4.21. The quantitative estimate of drug-likeness (QED) is 0.630. The average molecular weight is 467 g/mol. The van der Waals surface area contributed by atoms with Gasteiger partial charge in [0.25, 0.3) is 0 Å². The summed E-state index contributed by atoms with van der Waals surface area (Å²) in [6.45, 7) is 9.89. The Kier molecular flexibility index (Phi) is 6.05. The summed E-state index contributed by atoms with van der Waals surface area (Å²) in [4.78, 5) is 12.3. The molecule has 3 atom stereocenters. The largest absolute Gasteiger partial charge is 0.369 e. The predicted molar refractivity (Wildman–Crippen MR) is 142 cm³/mol. The molecule has 1 N–H and O–H groups in total. The first-order valence-corrected chi connectivity index (χ1v) is 13.1. The van der Waals surface area contributed by atoms with Gasteiger partial charge >= 0.3 is 0 Å². The molecule has 6 nitrogen and oxygen atoms in total. The van der Waals surface area contributed by atoms with Crippen molar-refractivity contribution in [1.29, 1.82) is 5.26 Å². The summed E-state index contributed by atoms with van der Waals surface area (Å²) < 4.78 is 0. The number of hydrogen-bond acceptors (Lipinski definition) is 6. The fraction of sp³-hybridized carbons (Fsp3) is 0.448. The summed E-state index contributed by atoms with van der Waals surface area (Å²) in [7, 11) is 0. The SMILES string of the molecule is CC1CN(c2ccc(C#N)c3ncccc23)CC2CC(c3ccc(N4CCNCC4)cc3)CCN12. The van der Waals surface area contributed by atoms with Crippen LogP contribution >= 0.6 is 0 Å². The van der Waals surface area contributed by atoms with Crippen LogP contribution in [0.3, 0.4) is 0 Å². The highest BCUT2D eigenvalue weighted by Gasteiger charge is 2.37. The Balaban J connectivity index is 1.21. The maximum atomic E-state index is 9.55. The van der Waals surface area contributed by atoms with Crippen molar-refractivity contribution < 1.29 is 0 Å². The lowest BCUT2D eigenvalue weighted by Gasteiger charge is -2.50. The van der Waals surface area contributed by atoms with Crippen molar-refractivity contribution in [1.82, 2.24) is 15.2 Å². The average Bonchev–Trinajstić information content (AvgIpc) is 2.92. The van der Waals surface area contributed by atoms with Gasteiger partial charge < -0.3 is 15.1 Å². The van der Waals surface area contributed by atoms with Gasteiger partial charge in [-0.2, -0.15) is 5.26 Å². The van der Waals surface area contributed by atoms with Crippen molar-refractivity contribution in [2.75, 3.05) is 55.6 Å². The van der Waals surface area contributed by atoms with E-state index in [1.807, 2.05) is 12.1 Å². The molecule has 3 aliphatic heterocycles. The summed E-state index contributed by atoms with van der Waals surface area (Å²) in [5.74, 6) is 0.611. The van der Waals surface area contributed by atoms with Crippen molar-refractivity contribution in [3.05, 3.63) is 65.9 Å². The molecule has 0 radical (unpaired) electrons. The van der Waals surface area contributed by atoms with Crippen LogP contribution in [0.15, 0.2) is 54.7 Å². The molecule has 4 heterocycles. The normalized spacial score (nSPS) is 25.3. The maximum Gasteiger partial charge on any atom is 0.101 e. The van der Waals surface area contributed by atoms with Gasteiger partial charge in [0.2, 0.25) is 0 Å². The number of anilines is 2. The smallest absolute Gasteiger partial charge is 0.101 e. The van der Waals surface area contributed by atoms with Gasteiger partial charge in [-0.25, -0.2) is 0 Å². The van der Waals surface area contributed by atoms with Crippen LogP contribution < -0.4 is 15.1 Å². The zero-order valence-electron chi connectivity index (χ0n) is 20.5. The van der Waals surface area contributed by atoms with E-state index in [0.717, 1.165) is 50.2 Å². The van der Waals surface area contributed by atoms with Crippen molar-refractivity contribution in [3.63, 3.8) is 0 Å². The lowest BCUT2D eigenvalue weighted by Crippen LogP contribution is -2.60. The molecule has 1 aromatic heterocycles. The lowest BCUT2D eigenvalue weighted by atomic mass is 9.83. The summed E-state index contributed by atoms with van der Waals surface area (Å²) in [5, 5.41) is 14.1. The summed E-state index contributed by atoms with van der Waals surface area (Å²) in [6, 6.07) is 20.9. The standard InChI is InChI=1S/C29H34N6/c1-21-19-34(28-9-6-24(18-30)29-27(28)3-2-11-32-29)20-26-17-23(10-14-35(21)26)22-4-7-25(8-5-22)33-15-12-31-13-16-33/h2-9,11,21,23,26,31H,10,12-17,19-20H2,1H3. The van der Waals surface area contributed by atoms with Crippen LogP contribution in [0.5, 0.6) is 0 Å². The second-order valence-corrected chi connectivity index (χ2v) is 10.3. The minimum atomic E-state index is 0.507. The van der Waals surface area contributed by atoms with Gasteiger partial charge in [0.1, 0.15) is 6.07 Å². The first kappa shape index (κ1) is 22.3. The van der Waals surface area contributed by atoms with Crippen LogP contribution in [0.25, 0.3) is 10.9 Å². The van der Waals surface area contributed by atoms with E-state index < -0.39 is 0 Å². The number of hydrogen-bond donors (Lipinski definition) is 1. The second kappa shape index (κ2) is 9.49. The third-order valence-corrected chi connectivity index (χ3v) is 8.30. The van der Waals surface area contributed by atoms with Crippen molar-refractivity contribution in [3.8, 4) is 6.07 Å². The second-order valence-electron chi connectivity index (χ2n) is 10.3. The van der Waals surface area contributed by atoms with E-state index in [0.29, 0.717) is 23.6 Å². The molecule has 3 saturated heterocycles. The monoisotopic (exact) mass is 466 g/mol. The summed E-state index contributed by atoms with van der Waals surface area (Å²) in [5.41, 5.74) is 5.51. The van der Waals surface area contributed by atoms with Crippen LogP contribution in [0, 0.1) is 11.3 Å². The molecule has 3 unspecified atom stereocenters. The minimum absolute atomic E-state index is 0.507. The van der Waals surface area contributed by atoms with E-state index in [2.05, 4.69) is 74.4 Å². The van der Waals surface area contributed by atoms with E-state index in [-0.39, 0.29) is 0 Å².